The van der Waals surface area contributed by atoms with Gasteiger partial charge in [0.15, 0.2) is 5.69 Å². The Balaban J connectivity index is 2.22. The Bertz CT molecular complexity index is 419. The van der Waals surface area contributed by atoms with Gasteiger partial charge in [-0.25, -0.2) is 4.98 Å². The lowest BCUT2D eigenvalue weighted by atomic mass is 9.95. The smallest absolute Gasteiger partial charge is 0.163 e. The summed E-state index contributed by atoms with van der Waals surface area (Å²) in [4.78, 5) is 4.03. The highest BCUT2D eigenvalue weighted by molar-refractivity contribution is 5.55. The highest BCUT2D eigenvalue weighted by atomic mass is 15.0. The molecule has 1 aromatic heterocycles. The lowest BCUT2D eigenvalue weighted by Gasteiger charge is -2.30. The third-order valence-electron chi connectivity index (χ3n) is 3.24. The minimum Gasteiger partial charge on any atom is -0.376 e. The van der Waals surface area contributed by atoms with Crippen LogP contribution in [-0.4, -0.2) is 17.1 Å². The SMILES string of the molecule is CC(CN)(Nc1cccnc1C#N)C1CC1. The van der Waals surface area contributed by atoms with E-state index >= 15 is 0 Å². The number of aromatic nitrogens is 1. The highest BCUT2D eigenvalue weighted by Crippen LogP contribution is 2.41. The van der Waals surface area contributed by atoms with Crippen LogP contribution < -0.4 is 11.1 Å². The molecule has 1 aliphatic carbocycles. The molecule has 2 rings (SSSR count). The lowest BCUT2D eigenvalue weighted by Crippen LogP contribution is -2.44. The Morgan fingerprint density at radius 1 is 1.69 bits per heavy atom. The Morgan fingerprint density at radius 2 is 2.44 bits per heavy atom. The molecule has 1 aliphatic rings. The fourth-order valence-corrected chi connectivity index (χ4v) is 1.94. The topological polar surface area (TPSA) is 74.7 Å². The van der Waals surface area contributed by atoms with Crippen LogP contribution in [0.1, 0.15) is 25.5 Å². The number of hydrogen-bond donors (Lipinski definition) is 2. The largest absolute Gasteiger partial charge is 0.376 e. The zero-order valence-electron chi connectivity index (χ0n) is 9.40. The van der Waals surface area contributed by atoms with E-state index in [1.54, 1.807) is 6.20 Å². The average molecular weight is 216 g/mol. The van der Waals surface area contributed by atoms with E-state index in [-0.39, 0.29) is 5.54 Å². The summed E-state index contributed by atoms with van der Waals surface area (Å²) < 4.78 is 0. The zero-order chi connectivity index (χ0) is 11.6. The van der Waals surface area contributed by atoms with Gasteiger partial charge in [-0.3, -0.25) is 0 Å². The molecule has 0 bridgehead atoms. The minimum absolute atomic E-state index is 0.116. The van der Waals surface area contributed by atoms with Crippen molar-refractivity contribution in [1.82, 2.24) is 4.98 Å². The maximum atomic E-state index is 8.96. The molecule has 0 spiro atoms. The molecular formula is C12H16N4. The van der Waals surface area contributed by atoms with Crippen LogP contribution in [0.15, 0.2) is 18.3 Å². The van der Waals surface area contributed by atoms with Crippen LogP contribution in [0.2, 0.25) is 0 Å². The number of rotatable bonds is 4. The van der Waals surface area contributed by atoms with Gasteiger partial charge in [0.2, 0.25) is 0 Å². The molecule has 1 saturated carbocycles. The molecule has 1 atom stereocenters. The number of nitrogens with one attached hydrogen (secondary N) is 1. The fraction of sp³-hybridized carbons (Fsp3) is 0.500. The summed E-state index contributed by atoms with van der Waals surface area (Å²) in [7, 11) is 0. The number of nitriles is 1. The third-order valence-corrected chi connectivity index (χ3v) is 3.24. The van der Waals surface area contributed by atoms with Crippen molar-refractivity contribution >= 4 is 5.69 Å². The second-order valence-corrected chi connectivity index (χ2v) is 4.53. The summed E-state index contributed by atoms with van der Waals surface area (Å²) in [6, 6.07) is 5.79. The van der Waals surface area contributed by atoms with Gasteiger partial charge in [-0.1, -0.05) is 0 Å². The van der Waals surface area contributed by atoms with E-state index in [9.17, 15) is 0 Å². The first-order valence-corrected chi connectivity index (χ1v) is 5.53. The molecule has 0 saturated heterocycles. The maximum absolute atomic E-state index is 8.96. The van der Waals surface area contributed by atoms with E-state index in [2.05, 4.69) is 23.3 Å². The van der Waals surface area contributed by atoms with E-state index < -0.39 is 0 Å². The Kier molecular flexibility index (Phi) is 2.80. The van der Waals surface area contributed by atoms with E-state index in [1.807, 2.05) is 12.1 Å². The highest BCUT2D eigenvalue weighted by Gasteiger charge is 2.40. The van der Waals surface area contributed by atoms with Crippen molar-refractivity contribution in [3.05, 3.63) is 24.0 Å². The van der Waals surface area contributed by atoms with Crippen molar-refractivity contribution in [3.8, 4) is 6.07 Å². The molecule has 1 heterocycles. The van der Waals surface area contributed by atoms with Crippen LogP contribution in [0.3, 0.4) is 0 Å². The normalized spacial score (nSPS) is 18.6. The molecule has 1 fully saturated rings. The monoisotopic (exact) mass is 216 g/mol. The van der Waals surface area contributed by atoms with Gasteiger partial charge in [-0.05, 0) is 37.8 Å². The van der Waals surface area contributed by atoms with E-state index in [0.29, 0.717) is 18.2 Å². The molecule has 4 heteroatoms. The van der Waals surface area contributed by atoms with Gasteiger partial charge >= 0.3 is 0 Å². The Morgan fingerprint density at radius 3 is 3.00 bits per heavy atom. The van der Waals surface area contributed by atoms with Crippen LogP contribution in [0.4, 0.5) is 5.69 Å². The van der Waals surface area contributed by atoms with Crippen molar-refractivity contribution < 1.29 is 0 Å². The van der Waals surface area contributed by atoms with Gasteiger partial charge in [0.25, 0.3) is 0 Å². The molecule has 84 valence electrons. The van der Waals surface area contributed by atoms with Crippen molar-refractivity contribution in [3.63, 3.8) is 0 Å². The Hall–Kier alpha value is -1.60. The average Bonchev–Trinajstić information content (AvgIpc) is 3.14. The van der Waals surface area contributed by atoms with Crippen LogP contribution in [-0.2, 0) is 0 Å². The van der Waals surface area contributed by atoms with Gasteiger partial charge in [0.05, 0.1) is 5.69 Å². The Labute approximate surface area is 95.5 Å². The summed E-state index contributed by atoms with van der Waals surface area (Å²) in [6.45, 7) is 2.68. The second kappa shape index (κ2) is 4.11. The maximum Gasteiger partial charge on any atom is 0.163 e. The van der Waals surface area contributed by atoms with Gasteiger partial charge in [-0.15, -0.1) is 0 Å². The van der Waals surface area contributed by atoms with Gasteiger partial charge in [0, 0.05) is 18.3 Å². The van der Waals surface area contributed by atoms with E-state index in [0.717, 1.165) is 5.69 Å². The van der Waals surface area contributed by atoms with Crippen molar-refractivity contribution in [2.75, 3.05) is 11.9 Å². The van der Waals surface area contributed by atoms with Crippen LogP contribution >= 0.6 is 0 Å². The first-order chi connectivity index (χ1) is 7.69. The predicted octanol–water partition coefficient (Wildman–Crippen LogP) is 1.49. The summed E-state index contributed by atoms with van der Waals surface area (Å²) in [5, 5.41) is 12.3. The van der Waals surface area contributed by atoms with Gasteiger partial charge < -0.3 is 11.1 Å². The fourth-order valence-electron chi connectivity index (χ4n) is 1.94. The molecule has 0 aliphatic heterocycles. The number of anilines is 1. The first-order valence-electron chi connectivity index (χ1n) is 5.53. The quantitative estimate of drug-likeness (QED) is 0.799. The second-order valence-electron chi connectivity index (χ2n) is 4.53. The van der Waals surface area contributed by atoms with Crippen LogP contribution in [0.5, 0.6) is 0 Å². The van der Waals surface area contributed by atoms with Crippen molar-refractivity contribution in [1.29, 1.82) is 5.26 Å². The molecule has 0 aromatic carbocycles. The molecule has 3 N–H and O–H groups in total. The standard InChI is InChI=1S/C12H16N4/c1-12(8-14,9-4-5-9)16-10-3-2-6-15-11(10)7-13/h2-3,6,9,16H,4-5,8,14H2,1H3. The van der Waals surface area contributed by atoms with Crippen LogP contribution in [0, 0.1) is 17.2 Å². The summed E-state index contributed by atoms with van der Waals surface area (Å²) in [6.07, 6.45) is 4.05. The number of nitrogens with two attached hydrogens (primary N) is 1. The molecule has 0 amide bonds. The predicted molar refractivity (Wildman–Crippen MR) is 62.8 cm³/mol. The van der Waals surface area contributed by atoms with Crippen molar-refractivity contribution in [2.45, 2.75) is 25.3 Å². The number of hydrogen-bond acceptors (Lipinski definition) is 4. The number of nitrogens with zero attached hydrogens (tertiary/aromatic N) is 2. The lowest BCUT2D eigenvalue weighted by molar-refractivity contribution is 0.459. The van der Waals surface area contributed by atoms with E-state index in [4.69, 9.17) is 11.0 Å². The van der Waals surface area contributed by atoms with Gasteiger partial charge in [0.1, 0.15) is 6.07 Å². The van der Waals surface area contributed by atoms with Crippen LogP contribution in [0.25, 0.3) is 0 Å². The summed E-state index contributed by atoms with van der Waals surface area (Å²) in [5.74, 6) is 0.615. The molecule has 16 heavy (non-hydrogen) atoms. The summed E-state index contributed by atoms with van der Waals surface area (Å²) >= 11 is 0. The molecule has 0 radical (unpaired) electrons. The van der Waals surface area contributed by atoms with E-state index in [1.165, 1.54) is 12.8 Å². The van der Waals surface area contributed by atoms with Crippen molar-refractivity contribution in [2.24, 2.45) is 11.7 Å². The summed E-state index contributed by atoms with van der Waals surface area (Å²) in [5.41, 5.74) is 6.92. The van der Waals surface area contributed by atoms with Gasteiger partial charge in [-0.2, -0.15) is 5.26 Å². The molecule has 4 nitrogen and oxygen atoms in total. The zero-order valence-corrected chi connectivity index (χ0v) is 9.40. The first kappa shape index (κ1) is 10.9. The molecular weight excluding hydrogens is 200 g/mol. The molecule has 1 aromatic rings. The third kappa shape index (κ3) is 2.00. The minimum atomic E-state index is -0.116. The number of pyridine rings is 1. The molecule has 1 unspecified atom stereocenters.